The smallest absolute Gasteiger partial charge is 0.311 e. The molecule has 1 spiro atoms. The summed E-state index contributed by atoms with van der Waals surface area (Å²) in [6, 6.07) is 1.56. The number of ether oxygens (including phenoxy) is 5. The number of aromatic nitrogens is 2. The summed E-state index contributed by atoms with van der Waals surface area (Å²) in [5.41, 5.74) is -1.42. The molecule has 4 aliphatic rings. The summed E-state index contributed by atoms with van der Waals surface area (Å²) in [4.78, 5) is 24.6. The average Bonchev–Trinajstić information content (AvgIpc) is 3.41. The number of aliphatic hydroxyl groups excluding tert-OH is 2. The zero-order valence-corrected chi connectivity index (χ0v) is 26.9. The van der Waals surface area contributed by atoms with E-state index in [0.717, 1.165) is 0 Å². The largest absolute Gasteiger partial charge is 0.459 e. The molecule has 3 bridgehead atoms. The minimum atomic E-state index is -1.28. The zero-order valence-electron chi connectivity index (χ0n) is 26.9. The van der Waals surface area contributed by atoms with Gasteiger partial charge in [-0.3, -0.25) is 4.79 Å². The Labute approximate surface area is 254 Å². The molecular formula is C32H49N3O8. The predicted octanol–water partition coefficient (Wildman–Crippen LogP) is 2.94. The number of cyclic esters (lactones) is 1. The number of fused-ring (bicyclic) bond motifs is 2. The molecule has 5 rings (SSSR count). The Kier molecular flexibility index (Phi) is 8.85. The molecule has 11 heteroatoms. The topological polar surface area (TPSA) is 133 Å². The molecule has 1 aromatic rings. The van der Waals surface area contributed by atoms with Crippen LogP contribution in [0.4, 0.5) is 0 Å². The van der Waals surface area contributed by atoms with Crippen LogP contribution < -0.4 is 0 Å². The number of carbonyl (C=O) groups is 1. The van der Waals surface area contributed by atoms with Crippen molar-refractivity contribution in [2.75, 3.05) is 14.1 Å². The summed E-state index contributed by atoms with van der Waals surface area (Å²) in [5, 5.41) is 23.0. The minimum absolute atomic E-state index is 0.168. The van der Waals surface area contributed by atoms with Gasteiger partial charge in [0.1, 0.15) is 17.8 Å². The second-order valence-corrected chi connectivity index (χ2v) is 13.7. The van der Waals surface area contributed by atoms with Gasteiger partial charge in [-0.2, -0.15) is 0 Å². The molecule has 3 saturated heterocycles. The molecule has 4 aliphatic heterocycles. The first-order valence-electron chi connectivity index (χ1n) is 15.6. The van der Waals surface area contributed by atoms with E-state index in [9.17, 15) is 15.0 Å². The number of esters is 1. The van der Waals surface area contributed by atoms with Gasteiger partial charge in [0.25, 0.3) is 0 Å². The van der Waals surface area contributed by atoms with Crippen LogP contribution in [0, 0.1) is 17.8 Å². The Hall–Kier alpha value is -1.99. The summed E-state index contributed by atoms with van der Waals surface area (Å²) < 4.78 is 33.0. The van der Waals surface area contributed by atoms with Gasteiger partial charge in [-0.15, -0.1) is 0 Å². The highest BCUT2D eigenvalue weighted by Gasteiger charge is 2.66. The average molecular weight is 604 g/mol. The van der Waals surface area contributed by atoms with E-state index < -0.39 is 65.5 Å². The lowest BCUT2D eigenvalue weighted by Gasteiger charge is -2.47. The van der Waals surface area contributed by atoms with Crippen molar-refractivity contribution < 1.29 is 38.7 Å². The summed E-state index contributed by atoms with van der Waals surface area (Å²) in [5.74, 6) is -3.03. The Bertz CT molecular complexity index is 1200. The van der Waals surface area contributed by atoms with Gasteiger partial charge in [0, 0.05) is 30.3 Å². The van der Waals surface area contributed by atoms with Crippen LogP contribution in [0.15, 0.2) is 24.5 Å². The van der Waals surface area contributed by atoms with Crippen molar-refractivity contribution in [1.29, 1.82) is 0 Å². The van der Waals surface area contributed by atoms with Crippen LogP contribution >= 0.6 is 0 Å². The van der Waals surface area contributed by atoms with Gasteiger partial charge in [0.05, 0.1) is 35.4 Å². The van der Waals surface area contributed by atoms with Crippen molar-refractivity contribution in [2.24, 2.45) is 17.8 Å². The van der Waals surface area contributed by atoms with Crippen LogP contribution in [-0.2, 0) is 28.5 Å². The van der Waals surface area contributed by atoms with Crippen molar-refractivity contribution in [2.45, 2.75) is 128 Å². The van der Waals surface area contributed by atoms with Gasteiger partial charge >= 0.3 is 5.97 Å². The molecule has 0 aliphatic carbocycles. The monoisotopic (exact) mass is 603 g/mol. The molecule has 3 fully saturated rings. The van der Waals surface area contributed by atoms with Crippen molar-refractivity contribution in [3.63, 3.8) is 0 Å². The molecule has 1 aromatic heterocycles. The lowest BCUT2D eigenvalue weighted by Crippen LogP contribution is -2.59. The van der Waals surface area contributed by atoms with E-state index in [0.29, 0.717) is 30.7 Å². The highest BCUT2D eigenvalue weighted by atomic mass is 16.8. The lowest BCUT2D eigenvalue weighted by atomic mass is 9.78. The number of likely N-dealkylation sites (N-methyl/N-ethyl adjacent to an activating group) is 1. The number of rotatable bonds is 5. The summed E-state index contributed by atoms with van der Waals surface area (Å²) >= 11 is 0. The van der Waals surface area contributed by atoms with Crippen LogP contribution in [0.2, 0.25) is 0 Å². The fourth-order valence-corrected chi connectivity index (χ4v) is 7.71. The molecule has 0 radical (unpaired) electrons. The van der Waals surface area contributed by atoms with Gasteiger partial charge < -0.3 is 38.8 Å². The Morgan fingerprint density at radius 2 is 1.74 bits per heavy atom. The van der Waals surface area contributed by atoms with Crippen LogP contribution in [0.3, 0.4) is 0 Å². The number of hydrogen-bond acceptors (Lipinski definition) is 11. The first kappa shape index (κ1) is 32.4. The van der Waals surface area contributed by atoms with E-state index in [1.807, 2.05) is 59.7 Å². The first-order valence-corrected chi connectivity index (χ1v) is 15.6. The number of aliphatic hydroxyl groups is 2. The Morgan fingerprint density at radius 1 is 1.07 bits per heavy atom. The van der Waals surface area contributed by atoms with Gasteiger partial charge in [-0.25, -0.2) is 9.97 Å². The first-order chi connectivity index (χ1) is 20.2. The van der Waals surface area contributed by atoms with Crippen molar-refractivity contribution in [3.05, 3.63) is 30.4 Å². The van der Waals surface area contributed by atoms with Gasteiger partial charge in [0.2, 0.25) is 5.79 Å². The zero-order chi connectivity index (χ0) is 31.5. The Balaban J connectivity index is 1.62. The van der Waals surface area contributed by atoms with E-state index >= 15 is 0 Å². The fraction of sp³-hybridized carbons (Fsp3) is 0.781. The molecule has 0 amide bonds. The standard InChI is InChI=1S/C32H49N3O8/c1-10-23-30(6)16-21(27-33-12-11-13-34-27)32(42-30)17(2)15-31(7,43-32)26(19(4)24(36)20(5)28(38)40-23)41-29-25(37)22(35(8)9)14-18(3)39-29/h11-13,16-20,22-26,29,36-37H,10,14-15H2,1-9H3/t17-,18-,19+,20-,22+,23-,24+,25-,26-,29+,30?,31-,32?/m1/s1. The summed E-state index contributed by atoms with van der Waals surface area (Å²) in [6.45, 7) is 13.3. The molecule has 240 valence electrons. The number of carbonyl (C=O) groups excluding carboxylic acids is 1. The third-order valence-electron chi connectivity index (χ3n) is 10.1. The second-order valence-electron chi connectivity index (χ2n) is 13.7. The third-order valence-corrected chi connectivity index (χ3v) is 10.1. The Morgan fingerprint density at radius 3 is 2.37 bits per heavy atom. The predicted molar refractivity (Wildman–Crippen MR) is 157 cm³/mol. The minimum Gasteiger partial charge on any atom is -0.459 e. The van der Waals surface area contributed by atoms with Crippen LogP contribution in [-0.4, -0.2) is 105 Å². The molecule has 0 saturated carbocycles. The quantitative estimate of drug-likeness (QED) is 0.482. The second kappa shape index (κ2) is 11.7. The molecular weight excluding hydrogens is 554 g/mol. The van der Waals surface area contributed by atoms with E-state index in [-0.39, 0.29) is 18.1 Å². The molecule has 43 heavy (non-hydrogen) atoms. The normalized spacial score (nSPS) is 47.1. The molecule has 13 atom stereocenters. The summed E-state index contributed by atoms with van der Waals surface area (Å²) in [6.07, 6.45) is 2.23. The number of hydrogen-bond donors (Lipinski definition) is 2. The highest BCUT2D eigenvalue weighted by Crippen LogP contribution is 2.58. The lowest BCUT2D eigenvalue weighted by molar-refractivity contribution is -0.324. The van der Waals surface area contributed by atoms with Crippen LogP contribution in [0.5, 0.6) is 0 Å². The molecule has 2 unspecified atom stereocenters. The van der Waals surface area contributed by atoms with Gasteiger partial charge in [-0.1, -0.05) is 20.8 Å². The third kappa shape index (κ3) is 5.55. The molecule has 0 aromatic carbocycles. The van der Waals surface area contributed by atoms with Crippen molar-refractivity contribution >= 4 is 11.5 Å². The van der Waals surface area contributed by atoms with Crippen molar-refractivity contribution in [1.82, 2.24) is 14.9 Å². The van der Waals surface area contributed by atoms with Crippen LogP contribution in [0.25, 0.3) is 5.57 Å². The van der Waals surface area contributed by atoms with Crippen LogP contribution in [0.1, 0.15) is 73.6 Å². The highest BCUT2D eigenvalue weighted by molar-refractivity contribution is 5.74. The molecule has 2 N–H and O–H groups in total. The summed E-state index contributed by atoms with van der Waals surface area (Å²) in [7, 11) is 3.84. The number of nitrogens with zero attached hydrogens (tertiary/aromatic N) is 3. The van der Waals surface area contributed by atoms with Gasteiger partial charge in [-0.05, 0) is 73.2 Å². The fourth-order valence-electron chi connectivity index (χ4n) is 7.71. The molecule has 5 heterocycles. The van der Waals surface area contributed by atoms with Gasteiger partial charge in [0.15, 0.2) is 12.1 Å². The van der Waals surface area contributed by atoms with Crippen molar-refractivity contribution in [3.8, 4) is 0 Å². The van der Waals surface area contributed by atoms with E-state index in [1.165, 1.54) is 0 Å². The maximum atomic E-state index is 13.5. The maximum absolute atomic E-state index is 13.5. The van der Waals surface area contributed by atoms with E-state index in [4.69, 9.17) is 23.7 Å². The maximum Gasteiger partial charge on any atom is 0.311 e. The molecule has 11 nitrogen and oxygen atoms in total. The van der Waals surface area contributed by atoms with E-state index in [1.54, 1.807) is 25.4 Å². The van der Waals surface area contributed by atoms with E-state index in [2.05, 4.69) is 16.9 Å². The SMILES string of the molecule is CC[C@H]1OC(=O)[C@H](C)[C@@H](O)[C@H](C)[C@@H](O[C@@H]2O[C@H](C)C[C@H](N(C)C)[C@H]2O)[C@@]2(C)C[C@@H](C)C3(OC1(C)C=C3c1ncccn1)O2.